The molecule has 3 aromatic rings. The Kier molecular flexibility index (Phi) is 4.88. The van der Waals surface area contributed by atoms with Crippen molar-refractivity contribution >= 4 is 11.6 Å². The molecule has 1 N–H and O–H groups in total. The number of alkyl halides is 6. The van der Waals surface area contributed by atoms with Crippen molar-refractivity contribution in [2.24, 2.45) is 0 Å². The Morgan fingerprint density at radius 2 is 1.50 bits per heavy atom. The quantitative estimate of drug-likeness (QED) is 0.482. The van der Waals surface area contributed by atoms with Gasteiger partial charge in [-0.15, -0.1) is 13.2 Å². The van der Waals surface area contributed by atoms with Crippen LogP contribution in [0.25, 0.3) is 11.1 Å². The number of halogens is 6. The van der Waals surface area contributed by atoms with Gasteiger partial charge in [-0.2, -0.15) is 18.3 Å². The lowest BCUT2D eigenvalue weighted by atomic mass is 9.97. The first-order chi connectivity index (χ1) is 13.1. The van der Waals surface area contributed by atoms with Crippen molar-refractivity contribution in [3.05, 3.63) is 72.1 Å². The molecule has 0 aliphatic heterocycles. The van der Waals surface area contributed by atoms with Gasteiger partial charge in [0, 0.05) is 11.8 Å². The summed E-state index contributed by atoms with van der Waals surface area (Å²) in [6.45, 7) is 0. The fourth-order valence-electron chi connectivity index (χ4n) is 2.72. The second-order valence-corrected chi connectivity index (χ2v) is 5.66. The number of aromatic nitrogens is 2. The van der Waals surface area contributed by atoms with E-state index in [9.17, 15) is 31.1 Å². The van der Waals surface area contributed by atoms with Crippen LogP contribution in [0.5, 0.6) is 0 Å². The van der Waals surface area contributed by atoms with Crippen LogP contribution in [0.2, 0.25) is 0 Å². The Morgan fingerprint density at radius 3 is 2.07 bits per heavy atom. The highest BCUT2D eigenvalue weighted by Crippen LogP contribution is 2.42. The van der Waals surface area contributed by atoms with E-state index in [-0.39, 0.29) is 5.56 Å². The van der Waals surface area contributed by atoms with Crippen molar-refractivity contribution in [3.8, 4) is 11.1 Å². The predicted molar refractivity (Wildman–Crippen MR) is 88.3 cm³/mol. The number of anilines is 1. The first-order valence-electron chi connectivity index (χ1n) is 7.76. The number of aromatic amines is 1. The smallest absolute Gasteiger partial charge is 0.285 e. The number of para-hydroxylation sites is 1. The van der Waals surface area contributed by atoms with Crippen LogP contribution >= 0.6 is 0 Å². The third-order valence-corrected chi connectivity index (χ3v) is 3.87. The fraction of sp³-hybridized carbons (Fsp3) is 0.111. The fourth-order valence-corrected chi connectivity index (χ4v) is 2.72. The molecule has 1 aromatic heterocycles. The van der Waals surface area contributed by atoms with Gasteiger partial charge in [0.15, 0.2) is 0 Å². The lowest BCUT2D eigenvalue weighted by Crippen LogP contribution is -2.43. The number of nitrogens with one attached hydrogen (secondary N) is 1. The molecule has 10 heteroatoms. The molecule has 3 rings (SSSR count). The molecule has 0 atom stereocenters. The van der Waals surface area contributed by atoms with Gasteiger partial charge in [0.25, 0.3) is 5.91 Å². The summed E-state index contributed by atoms with van der Waals surface area (Å²) >= 11 is 0. The third-order valence-electron chi connectivity index (χ3n) is 3.87. The van der Waals surface area contributed by atoms with Crippen LogP contribution in [0, 0.1) is 0 Å². The lowest BCUT2D eigenvalue weighted by Gasteiger charge is -2.27. The van der Waals surface area contributed by atoms with Crippen molar-refractivity contribution in [3.63, 3.8) is 0 Å². The zero-order valence-electron chi connectivity index (χ0n) is 13.8. The molecule has 0 saturated heterocycles. The van der Waals surface area contributed by atoms with Gasteiger partial charge in [0.05, 0.1) is 23.0 Å². The van der Waals surface area contributed by atoms with E-state index >= 15 is 0 Å². The topological polar surface area (TPSA) is 49.0 Å². The molecule has 1 amide bonds. The molecule has 0 aliphatic carbocycles. The number of rotatable bonds is 3. The van der Waals surface area contributed by atoms with Crippen molar-refractivity contribution in [1.29, 1.82) is 0 Å². The second-order valence-electron chi connectivity index (χ2n) is 5.66. The monoisotopic (exact) mass is 399 g/mol. The van der Waals surface area contributed by atoms with E-state index in [1.165, 1.54) is 18.2 Å². The summed E-state index contributed by atoms with van der Waals surface area (Å²) in [6.07, 6.45) is -8.11. The third kappa shape index (κ3) is 3.71. The molecule has 0 aliphatic rings. The van der Waals surface area contributed by atoms with Gasteiger partial charge in [-0.1, -0.05) is 36.4 Å². The van der Waals surface area contributed by atoms with Crippen LogP contribution in [0.1, 0.15) is 15.9 Å². The number of hydrogen-bond acceptors (Lipinski definition) is 2. The van der Waals surface area contributed by atoms with Gasteiger partial charge in [-0.25, -0.2) is 4.90 Å². The molecule has 0 bridgehead atoms. The van der Waals surface area contributed by atoms with Crippen LogP contribution in [-0.2, 0) is 6.18 Å². The van der Waals surface area contributed by atoms with E-state index in [0.717, 1.165) is 42.7 Å². The summed E-state index contributed by atoms with van der Waals surface area (Å²) in [7, 11) is 0. The minimum Gasteiger partial charge on any atom is -0.285 e. The first-order valence-corrected chi connectivity index (χ1v) is 7.76. The minimum atomic E-state index is -5.18. The molecular weight excluding hydrogens is 388 g/mol. The van der Waals surface area contributed by atoms with Gasteiger partial charge in [-0.3, -0.25) is 9.89 Å². The molecule has 28 heavy (non-hydrogen) atoms. The molecule has 2 aromatic carbocycles. The zero-order valence-corrected chi connectivity index (χ0v) is 13.8. The maximum atomic E-state index is 13.7. The summed E-state index contributed by atoms with van der Waals surface area (Å²) in [5.74, 6) is -1.47. The van der Waals surface area contributed by atoms with Crippen molar-refractivity contribution < 1.29 is 31.1 Å². The van der Waals surface area contributed by atoms with Crippen LogP contribution < -0.4 is 4.90 Å². The zero-order chi connectivity index (χ0) is 20.5. The SMILES string of the molecule is O=C(c1cn[nH]c1)N(c1ccccc1-c1ccccc1C(F)(F)F)C(F)(F)F. The van der Waals surface area contributed by atoms with E-state index < -0.39 is 45.7 Å². The highest BCUT2D eigenvalue weighted by atomic mass is 19.4. The molecule has 0 saturated carbocycles. The van der Waals surface area contributed by atoms with Gasteiger partial charge in [0.1, 0.15) is 0 Å². The van der Waals surface area contributed by atoms with Gasteiger partial charge in [0.2, 0.25) is 0 Å². The van der Waals surface area contributed by atoms with Crippen molar-refractivity contribution in [2.75, 3.05) is 4.90 Å². The molecule has 0 radical (unpaired) electrons. The average molecular weight is 399 g/mol. The predicted octanol–water partition coefficient (Wildman–Crippen LogP) is 5.26. The number of carbonyl (C=O) groups excluding carboxylic acids is 1. The number of H-pyrrole nitrogens is 1. The van der Waals surface area contributed by atoms with Gasteiger partial charge in [-0.05, 0) is 17.7 Å². The second kappa shape index (κ2) is 7.02. The van der Waals surface area contributed by atoms with E-state index in [2.05, 4.69) is 10.2 Å². The number of carbonyl (C=O) groups is 1. The molecule has 4 nitrogen and oxygen atoms in total. The highest BCUT2D eigenvalue weighted by Gasteiger charge is 2.44. The standard InChI is InChI=1S/C18H11F6N3O/c19-17(20,21)14-7-3-1-5-12(14)13-6-2-4-8-15(13)27(18(22,23)24)16(28)11-9-25-26-10-11/h1-10H,(H,25,26). The lowest BCUT2D eigenvalue weighted by molar-refractivity contribution is -0.137. The average Bonchev–Trinajstić information content (AvgIpc) is 3.15. The van der Waals surface area contributed by atoms with Gasteiger partial charge >= 0.3 is 12.5 Å². The maximum absolute atomic E-state index is 13.7. The summed E-state index contributed by atoms with van der Waals surface area (Å²) in [5, 5.41) is 5.67. The highest BCUT2D eigenvalue weighted by molar-refractivity contribution is 6.08. The maximum Gasteiger partial charge on any atom is 0.491 e. The van der Waals surface area contributed by atoms with Crippen molar-refractivity contribution in [1.82, 2.24) is 10.2 Å². The first kappa shape index (κ1) is 19.5. The van der Waals surface area contributed by atoms with Crippen LogP contribution in [0.4, 0.5) is 32.0 Å². The molecule has 1 heterocycles. The Hall–Kier alpha value is -3.30. The van der Waals surface area contributed by atoms with E-state index in [1.54, 1.807) is 0 Å². The normalized spacial score (nSPS) is 12.1. The van der Waals surface area contributed by atoms with Crippen molar-refractivity contribution in [2.45, 2.75) is 12.5 Å². The largest absolute Gasteiger partial charge is 0.491 e. The van der Waals surface area contributed by atoms with E-state index in [0.29, 0.717) is 0 Å². The number of benzene rings is 2. The molecule has 0 unspecified atom stereocenters. The Morgan fingerprint density at radius 1 is 0.893 bits per heavy atom. The molecule has 0 spiro atoms. The summed E-state index contributed by atoms with van der Waals surface area (Å²) in [5.41, 5.74) is -3.08. The van der Waals surface area contributed by atoms with Crippen LogP contribution in [0.3, 0.4) is 0 Å². The number of hydrogen-bond donors (Lipinski definition) is 1. The summed E-state index contributed by atoms with van der Waals surface area (Å²) in [6, 6.07) is 8.76. The van der Waals surface area contributed by atoms with Crippen LogP contribution in [-0.4, -0.2) is 22.4 Å². The minimum absolute atomic E-state index is 0.385. The van der Waals surface area contributed by atoms with Gasteiger partial charge < -0.3 is 0 Å². The Balaban J connectivity index is 2.23. The Bertz CT molecular complexity index is 979. The summed E-state index contributed by atoms with van der Waals surface area (Å²) in [4.78, 5) is 11.9. The molecular formula is C18H11F6N3O. The number of nitrogens with zero attached hydrogens (tertiary/aromatic N) is 2. The summed E-state index contributed by atoms with van der Waals surface area (Å²) < 4.78 is 81.3. The van der Waals surface area contributed by atoms with E-state index in [4.69, 9.17) is 0 Å². The van der Waals surface area contributed by atoms with Crippen LogP contribution in [0.15, 0.2) is 60.9 Å². The molecule has 146 valence electrons. The number of amides is 1. The Labute approximate surface area is 154 Å². The molecule has 0 fully saturated rings. The van der Waals surface area contributed by atoms with E-state index in [1.807, 2.05) is 0 Å².